The molecule has 2 heterocycles. The molecule has 0 spiro atoms. The molecule has 0 bridgehead atoms. The number of hydrogen-bond acceptors (Lipinski definition) is 3. The highest BCUT2D eigenvalue weighted by molar-refractivity contribution is 7.08. The summed E-state index contributed by atoms with van der Waals surface area (Å²) in [5.74, 6) is 0.0881. The number of aryl methyl sites for hydroxylation is 1. The lowest BCUT2D eigenvalue weighted by Gasteiger charge is -2.25. The Morgan fingerprint density at radius 3 is 2.90 bits per heavy atom. The molecule has 104 valence electrons. The molecule has 0 fully saturated rings. The third kappa shape index (κ3) is 2.76. The summed E-state index contributed by atoms with van der Waals surface area (Å²) in [6.07, 6.45) is 0.768. The van der Waals surface area contributed by atoms with Gasteiger partial charge in [0.1, 0.15) is 0 Å². The quantitative estimate of drug-likeness (QED) is 0.909. The van der Waals surface area contributed by atoms with Gasteiger partial charge in [-0.3, -0.25) is 4.79 Å². The zero-order valence-electron chi connectivity index (χ0n) is 11.5. The maximum atomic E-state index is 12.2. The topological polar surface area (TPSA) is 41.1 Å². The van der Waals surface area contributed by atoms with E-state index in [1.54, 1.807) is 11.3 Å². The number of rotatable bonds is 3. The zero-order valence-corrected chi connectivity index (χ0v) is 12.3. The largest absolute Gasteiger partial charge is 0.351 e. The monoisotopic (exact) mass is 286 g/mol. The predicted octanol–water partition coefficient (Wildman–Crippen LogP) is 2.39. The molecular weight excluding hydrogens is 268 g/mol. The van der Waals surface area contributed by atoms with Crippen molar-refractivity contribution in [2.24, 2.45) is 0 Å². The minimum absolute atomic E-state index is 0.0881. The summed E-state index contributed by atoms with van der Waals surface area (Å²) in [5, 5.41) is 10.5. The van der Waals surface area contributed by atoms with Crippen molar-refractivity contribution in [3.63, 3.8) is 0 Å². The molecule has 0 saturated carbocycles. The molecule has 1 amide bonds. The van der Waals surface area contributed by atoms with Crippen LogP contribution in [0.4, 0.5) is 0 Å². The van der Waals surface area contributed by atoms with Crippen molar-refractivity contribution in [1.29, 1.82) is 0 Å². The van der Waals surface area contributed by atoms with Gasteiger partial charge in [-0.15, -0.1) is 0 Å². The molecule has 1 aliphatic heterocycles. The molecule has 1 aliphatic rings. The summed E-state index contributed by atoms with van der Waals surface area (Å²) in [7, 11) is 0. The van der Waals surface area contributed by atoms with Gasteiger partial charge < -0.3 is 10.6 Å². The summed E-state index contributed by atoms with van der Waals surface area (Å²) in [6, 6.07) is 8.18. The number of fused-ring (bicyclic) bond motifs is 1. The molecular formula is C16H18N2OS. The highest BCUT2D eigenvalue weighted by Gasteiger charge is 2.23. The van der Waals surface area contributed by atoms with Crippen molar-refractivity contribution in [2.45, 2.75) is 32.5 Å². The molecule has 3 rings (SSSR count). The SMILES string of the molecule is Cc1cscc1CNC(=O)[C@@H]1Cc2ccccc2CN1. The van der Waals surface area contributed by atoms with E-state index in [-0.39, 0.29) is 11.9 Å². The summed E-state index contributed by atoms with van der Waals surface area (Å²) in [4.78, 5) is 12.2. The summed E-state index contributed by atoms with van der Waals surface area (Å²) >= 11 is 1.68. The van der Waals surface area contributed by atoms with Crippen molar-refractivity contribution in [3.05, 3.63) is 57.3 Å². The van der Waals surface area contributed by atoms with Gasteiger partial charge in [0.25, 0.3) is 0 Å². The minimum atomic E-state index is -0.121. The van der Waals surface area contributed by atoms with Crippen LogP contribution in [-0.2, 0) is 24.3 Å². The van der Waals surface area contributed by atoms with E-state index in [9.17, 15) is 4.79 Å². The van der Waals surface area contributed by atoms with Crippen molar-refractivity contribution < 1.29 is 4.79 Å². The fourth-order valence-corrected chi connectivity index (χ4v) is 3.37. The van der Waals surface area contributed by atoms with Gasteiger partial charge >= 0.3 is 0 Å². The maximum Gasteiger partial charge on any atom is 0.237 e. The van der Waals surface area contributed by atoms with E-state index in [1.807, 2.05) is 12.1 Å². The van der Waals surface area contributed by atoms with E-state index in [1.165, 1.54) is 22.3 Å². The van der Waals surface area contributed by atoms with Crippen molar-refractivity contribution >= 4 is 17.2 Å². The Kier molecular flexibility index (Phi) is 3.85. The van der Waals surface area contributed by atoms with E-state index < -0.39 is 0 Å². The fourth-order valence-electron chi connectivity index (χ4n) is 2.51. The number of hydrogen-bond donors (Lipinski definition) is 2. The molecule has 20 heavy (non-hydrogen) atoms. The molecule has 4 heteroatoms. The number of benzene rings is 1. The number of thiophene rings is 1. The number of carbonyl (C=O) groups excluding carboxylic acids is 1. The molecule has 1 aromatic heterocycles. The molecule has 0 unspecified atom stereocenters. The van der Waals surface area contributed by atoms with Crippen LogP contribution in [0.5, 0.6) is 0 Å². The second-order valence-corrected chi connectivity index (χ2v) is 5.95. The lowest BCUT2D eigenvalue weighted by molar-refractivity contribution is -0.123. The Morgan fingerprint density at radius 1 is 1.35 bits per heavy atom. The van der Waals surface area contributed by atoms with Gasteiger partial charge in [-0.1, -0.05) is 24.3 Å². The average molecular weight is 286 g/mol. The smallest absolute Gasteiger partial charge is 0.237 e. The van der Waals surface area contributed by atoms with E-state index in [4.69, 9.17) is 0 Å². The second kappa shape index (κ2) is 5.77. The fraction of sp³-hybridized carbons (Fsp3) is 0.312. The van der Waals surface area contributed by atoms with Crippen LogP contribution < -0.4 is 10.6 Å². The highest BCUT2D eigenvalue weighted by Crippen LogP contribution is 2.17. The lowest BCUT2D eigenvalue weighted by Crippen LogP contribution is -2.47. The molecule has 0 saturated heterocycles. The Hall–Kier alpha value is -1.65. The van der Waals surface area contributed by atoms with Gasteiger partial charge in [-0.05, 0) is 46.4 Å². The third-order valence-corrected chi connectivity index (χ3v) is 4.72. The molecule has 1 aromatic carbocycles. The molecule has 0 aliphatic carbocycles. The molecule has 0 radical (unpaired) electrons. The minimum Gasteiger partial charge on any atom is -0.351 e. The van der Waals surface area contributed by atoms with Crippen molar-refractivity contribution in [2.75, 3.05) is 0 Å². The second-order valence-electron chi connectivity index (χ2n) is 5.20. The first-order chi connectivity index (χ1) is 9.74. The first-order valence-electron chi connectivity index (χ1n) is 6.83. The Labute approximate surface area is 123 Å². The van der Waals surface area contributed by atoms with E-state index in [0.29, 0.717) is 6.54 Å². The van der Waals surface area contributed by atoms with Gasteiger partial charge in [0.05, 0.1) is 6.04 Å². The van der Waals surface area contributed by atoms with Gasteiger partial charge in [-0.25, -0.2) is 0 Å². The Bertz CT molecular complexity index is 620. The standard InChI is InChI=1S/C16H18N2OS/c1-11-9-20-10-14(11)8-18-16(19)15-6-12-4-2-3-5-13(12)7-17-15/h2-5,9-10,15,17H,6-8H2,1H3,(H,18,19)/t15-/m0/s1. The van der Waals surface area contributed by atoms with Gasteiger partial charge in [-0.2, -0.15) is 11.3 Å². The first kappa shape index (κ1) is 13.3. The summed E-state index contributed by atoms with van der Waals surface area (Å²) in [5.41, 5.74) is 5.03. The molecule has 2 aromatic rings. The van der Waals surface area contributed by atoms with E-state index in [2.05, 4.69) is 40.5 Å². The van der Waals surface area contributed by atoms with Crippen LogP contribution in [0, 0.1) is 6.92 Å². The van der Waals surface area contributed by atoms with Crippen LogP contribution in [0.1, 0.15) is 22.3 Å². The van der Waals surface area contributed by atoms with Crippen molar-refractivity contribution in [1.82, 2.24) is 10.6 Å². The van der Waals surface area contributed by atoms with E-state index in [0.717, 1.165) is 13.0 Å². The molecule has 1 atom stereocenters. The highest BCUT2D eigenvalue weighted by atomic mass is 32.1. The normalized spacial score (nSPS) is 17.6. The van der Waals surface area contributed by atoms with Gasteiger partial charge in [0.2, 0.25) is 5.91 Å². The summed E-state index contributed by atoms with van der Waals surface area (Å²) < 4.78 is 0. The van der Waals surface area contributed by atoms with Crippen LogP contribution in [-0.4, -0.2) is 11.9 Å². The van der Waals surface area contributed by atoms with E-state index >= 15 is 0 Å². The van der Waals surface area contributed by atoms with Crippen LogP contribution in [0.15, 0.2) is 35.0 Å². The van der Waals surface area contributed by atoms with Crippen molar-refractivity contribution in [3.8, 4) is 0 Å². The van der Waals surface area contributed by atoms with Gasteiger partial charge in [0, 0.05) is 13.1 Å². The van der Waals surface area contributed by atoms with Crippen LogP contribution >= 0.6 is 11.3 Å². The van der Waals surface area contributed by atoms with Crippen LogP contribution in [0.25, 0.3) is 0 Å². The number of amides is 1. The average Bonchev–Trinajstić information content (AvgIpc) is 2.89. The summed E-state index contributed by atoms with van der Waals surface area (Å²) in [6.45, 7) is 3.47. The molecule has 3 nitrogen and oxygen atoms in total. The Balaban J connectivity index is 1.60. The number of nitrogens with one attached hydrogen (secondary N) is 2. The third-order valence-electron chi connectivity index (χ3n) is 3.81. The zero-order chi connectivity index (χ0) is 13.9. The predicted molar refractivity (Wildman–Crippen MR) is 81.7 cm³/mol. The van der Waals surface area contributed by atoms with Crippen LogP contribution in [0.2, 0.25) is 0 Å². The van der Waals surface area contributed by atoms with Crippen LogP contribution in [0.3, 0.4) is 0 Å². The number of carbonyl (C=O) groups is 1. The molecule has 2 N–H and O–H groups in total. The maximum absolute atomic E-state index is 12.2. The van der Waals surface area contributed by atoms with Gasteiger partial charge in [0.15, 0.2) is 0 Å². The Morgan fingerprint density at radius 2 is 2.15 bits per heavy atom. The lowest BCUT2D eigenvalue weighted by atomic mass is 9.95. The first-order valence-corrected chi connectivity index (χ1v) is 7.78.